The van der Waals surface area contributed by atoms with Gasteiger partial charge < -0.3 is 0 Å². The maximum absolute atomic E-state index is 2.36. The van der Waals surface area contributed by atoms with Crippen molar-refractivity contribution in [3.63, 3.8) is 0 Å². The molecule has 100 valence electrons. The van der Waals surface area contributed by atoms with Crippen LogP contribution in [-0.2, 0) is 13.5 Å². The summed E-state index contributed by atoms with van der Waals surface area (Å²) in [7, 11) is 2.12. The van der Waals surface area contributed by atoms with Gasteiger partial charge in [0.25, 0.3) is 0 Å². The molecule has 1 aromatic heterocycles. The first kappa shape index (κ1) is 13.8. The van der Waals surface area contributed by atoms with Gasteiger partial charge in [0, 0.05) is 17.7 Å². The number of pyridine rings is 1. The highest BCUT2D eigenvalue weighted by Gasteiger charge is 2.13. The Bertz CT molecular complexity index is 570. The van der Waals surface area contributed by atoms with Gasteiger partial charge in [-0.05, 0) is 49.4 Å². The minimum atomic E-state index is 1.18. The summed E-state index contributed by atoms with van der Waals surface area (Å²) in [5.41, 5.74) is 6.77. The van der Waals surface area contributed by atoms with Gasteiger partial charge in [-0.15, -0.1) is 0 Å². The van der Waals surface area contributed by atoms with Crippen LogP contribution in [0.4, 0.5) is 0 Å². The van der Waals surface area contributed by atoms with Gasteiger partial charge in [-0.3, -0.25) is 0 Å². The third-order valence-corrected chi connectivity index (χ3v) is 3.70. The summed E-state index contributed by atoms with van der Waals surface area (Å²) in [5, 5.41) is 0. The van der Waals surface area contributed by atoms with Crippen molar-refractivity contribution >= 4 is 0 Å². The quantitative estimate of drug-likeness (QED) is 0.722. The highest BCUT2D eigenvalue weighted by atomic mass is 14.9. The summed E-state index contributed by atoms with van der Waals surface area (Å²) in [5.74, 6) is 0. The molecule has 0 N–H and O–H groups in total. The van der Waals surface area contributed by atoms with Crippen molar-refractivity contribution in [3.05, 3.63) is 53.2 Å². The lowest BCUT2D eigenvalue weighted by Gasteiger charge is -2.08. The smallest absolute Gasteiger partial charge is 0.201 e. The summed E-state index contributed by atoms with van der Waals surface area (Å²) in [6, 6.07) is 11.3. The molecule has 19 heavy (non-hydrogen) atoms. The molecule has 0 radical (unpaired) electrons. The molecule has 0 aliphatic rings. The monoisotopic (exact) mass is 254 g/mol. The standard InChI is InChI=1S/C18H24N/c1-5-6-7-16-9-8-15(3)17(13-16)18-12-14(2)10-11-19(18)4/h8-13H,5-7H2,1-4H3/q+1. The predicted molar refractivity (Wildman–Crippen MR) is 81.1 cm³/mol. The van der Waals surface area contributed by atoms with Gasteiger partial charge in [-0.2, -0.15) is 0 Å². The largest absolute Gasteiger partial charge is 0.212 e. The Morgan fingerprint density at radius 2 is 1.84 bits per heavy atom. The van der Waals surface area contributed by atoms with Crippen molar-refractivity contribution in [1.82, 2.24) is 0 Å². The second-order valence-electron chi connectivity index (χ2n) is 5.45. The number of nitrogens with zero attached hydrogens (tertiary/aromatic N) is 1. The molecule has 1 heteroatoms. The van der Waals surface area contributed by atoms with Gasteiger partial charge in [-0.1, -0.05) is 25.5 Å². The van der Waals surface area contributed by atoms with Crippen LogP contribution in [0.25, 0.3) is 11.3 Å². The molecule has 1 nitrogen and oxygen atoms in total. The number of hydrogen-bond acceptors (Lipinski definition) is 0. The highest BCUT2D eigenvalue weighted by Crippen LogP contribution is 2.23. The number of hydrogen-bond donors (Lipinski definition) is 0. The molecule has 0 aliphatic heterocycles. The van der Waals surface area contributed by atoms with Crippen LogP contribution in [0.3, 0.4) is 0 Å². The molecular formula is C18H24N+. The van der Waals surface area contributed by atoms with Gasteiger partial charge in [0.15, 0.2) is 6.20 Å². The van der Waals surface area contributed by atoms with Gasteiger partial charge in [0.05, 0.1) is 0 Å². The fourth-order valence-corrected chi connectivity index (χ4v) is 2.42. The third-order valence-electron chi connectivity index (χ3n) is 3.70. The van der Waals surface area contributed by atoms with E-state index in [2.05, 4.69) is 68.9 Å². The molecule has 0 unspecified atom stereocenters. The zero-order valence-corrected chi connectivity index (χ0v) is 12.5. The van der Waals surface area contributed by atoms with Crippen LogP contribution in [0.2, 0.25) is 0 Å². The van der Waals surface area contributed by atoms with Gasteiger partial charge in [-0.25, -0.2) is 4.57 Å². The lowest BCUT2D eigenvalue weighted by molar-refractivity contribution is -0.660. The zero-order chi connectivity index (χ0) is 13.8. The molecule has 1 aromatic carbocycles. The minimum Gasteiger partial charge on any atom is -0.201 e. The fraction of sp³-hybridized carbons (Fsp3) is 0.389. The van der Waals surface area contributed by atoms with Crippen LogP contribution in [-0.4, -0.2) is 0 Å². The Kier molecular flexibility index (Phi) is 4.36. The van der Waals surface area contributed by atoms with Crippen LogP contribution in [0.15, 0.2) is 36.5 Å². The van der Waals surface area contributed by atoms with E-state index in [1.807, 2.05) is 0 Å². The van der Waals surface area contributed by atoms with E-state index in [0.717, 1.165) is 0 Å². The Balaban J connectivity index is 2.45. The van der Waals surface area contributed by atoms with Gasteiger partial charge in [0.2, 0.25) is 5.69 Å². The maximum Gasteiger partial charge on any atom is 0.212 e. The van der Waals surface area contributed by atoms with Crippen molar-refractivity contribution in [1.29, 1.82) is 0 Å². The fourth-order valence-electron chi connectivity index (χ4n) is 2.42. The van der Waals surface area contributed by atoms with Crippen LogP contribution in [0.5, 0.6) is 0 Å². The summed E-state index contributed by atoms with van der Waals surface area (Å²) in [6.45, 7) is 6.59. The normalized spacial score (nSPS) is 10.7. The summed E-state index contributed by atoms with van der Waals surface area (Å²) >= 11 is 0. The van der Waals surface area contributed by atoms with Crippen molar-refractivity contribution in [2.75, 3.05) is 0 Å². The van der Waals surface area contributed by atoms with E-state index in [-0.39, 0.29) is 0 Å². The van der Waals surface area contributed by atoms with E-state index < -0.39 is 0 Å². The second kappa shape index (κ2) is 6.01. The first-order valence-electron chi connectivity index (χ1n) is 7.18. The number of rotatable bonds is 4. The molecule has 0 amide bonds. The van der Waals surface area contributed by atoms with Crippen LogP contribution in [0, 0.1) is 13.8 Å². The maximum atomic E-state index is 2.36. The Labute approximate surface area is 116 Å². The number of benzene rings is 1. The van der Waals surface area contributed by atoms with Gasteiger partial charge in [0.1, 0.15) is 7.05 Å². The van der Waals surface area contributed by atoms with Crippen molar-refractivity contribution in [2.24, 2.45) is 7.05 Å². The van der Waals surface area contributed by atoms with E-state index in [0.29, 0.717) is 0 Å². The Morgan fingerprint density at radius 1 is 1.05 bits per heavy atom. The van der Waals surface area contributed by atoms with Crippen LogP contribution >= 0.6 is 0 Å². The average Bonchev–Trinajstić information content (AvgIpc) is 2.41. The summed E-state index contributed by atoms with van der Waals surface area (Å²) < 4.78 is 2.21. The van der Waals surface area contributed by atoms with Gasteiger partial charge >= 0.3 is 0 Å². The molecule has 2 rings (SSSR count). The molecule has 0 bridgehead atoms. The molecule has 0 fully saturated rings. The van der Waals surface area contributed by atoms with Crippen molar-refractivity contribution in [2.45, 2.75) is 40.0 Å². The van der Waals surface area contributed by atoms with Crippen LogP contribution < -0.4 is 4.57 Å². The number of aromatic nitrogens is 1. The first-order valence-corrected chi connectivity index (χ1v) is 7.18. The van der Waals surface area contributed by atoms with E-state index in [1.54, 1.807) is 0 Å². The van der Waals surface area contributed by atoms with E-state index in [4.69, 9.17) is 0 Å². The second-order valence-corrected chi connectivity index (χ2v) is 5.45. The minimum absolute atomic E-state index is 1.18. The van der Waals surface area contributed by atoms with E-state index in [1.165, 1.54) is 47.2 Å². The average molecular weight is 254 g/mol. The summed E-state index contributed by atoms with van der Waals surface area (Å²) in [6.07, 6.45) is 5.84. The summed E-state index contributed by atoms with van der Waals surface area (Å²) in [4.78, 5) is 0. The third kappa shape index (κ3) is 3.23. The molecule has 0 spiro atoms. The lowest BCUT2D eigenvalue weighted by Crippen LogP contribution is -2.30. The molecule has 1 heterocycles. The lowest BCUT2D eigenvalue weighted by atomic mass is 9.98. The molecule has 0 atom stereocenters. The Hall–Kier alpha value is -1.63. The molecule has 0 saturated heterocycles. The van der Waals surface area contributed by atoms with E-state index in [9.17, 15) is 0 Å². The highest BCUT2D eigenvalue weighted by molar-refractivity contribution is 5.62. The molecule has 2 aromatic rings. The number of aryl methyl sites for hydroxylation is 4. The predicted octanol–water partition coefficient (Wildman–Crippen LogP) is 4.14. The molecule has 0 saturated carbocycles. The number of unbranched alkanes of at least 4 members (excludes halogenated alkanes) is 1. The molecule has 0 aliphatic carbocycles. The molecular weight excluding hydrogens is 230 g/mol. The first-order chi connectivity index (χ1) is 9.11. The SMILES string of the molecule is CCCCc1ccc(C)c(-c2cc(C)cc[n+]2C)c1. The topological polar surface area (TPSA) is 3.88 Å². The van der Waals surface area contributed by atoms with Crippen molar-refractivity contribution in [3.8, 4) is 11.3 Å². The van der Waals surface area contributed by atoms with Crippen molar-refractivity contribution < 1.29 is 4.57 Å². The zero-order valence-electron chi connectivity index (χ0n) is 12.5. The Morgan fingerprint density at radius 3 is 2.58 bits per heavy atom. The van der Waals surface area contributed by atoms with E-state index >= 15 is 0 Å². The van der Waals surface area contributed by atoms with Crippen LogP contribution in [0.1, 0.15) is 36.5 Å².